The van der Waals surface area contributed by atoms with Crippen LogP contribution in [0.15, 0.2) is 28.9 Å². The minimum absolute atomic E-state index is 0.0519. The molecule has 8 nitrogen and oxygen atoms in total. The Balaban J connectivity index is 2.21. The van der Waals surface area contributed by atoms with Crippen molar-refractivity contribution in [3.63, 3.8) is 0 Å². The Morgan fingerprint density at radius 3 is 2.73 bits per heavy atom. The number of amides is 1. The molecule has 0 saturated carbocycles. The van der Waals surface area contributed by atoms with Gasteiger partial charge in [-0.3, -0.25) is 19.8 Å². The Hall–Kier alpha value is -1.97. The first-order valence-electron chi connectivity index (χ1n) is 7.33. The number of methoxy groups -OCH3 is 1. The maximum Gasteiger partial charge on any atom is 0.412 e. The van der Waals surface area contributed by atoms with Gasteiger partial charge in [0.25, 0.3) is 5.91 Å². The van der Waals surface area contributed by atoms with Gasteiger partial charge in [0.15, 0.2) is 11.6 Å². The van der Waals surface area contributed by atoms with Gasteiger partial charge in [-0.1, -0.05) is 23.2 Å². The number of hydrogen-bond acceptors (Lipinski definition) is 7. The monoisotopic (exact) mass is 420 g/mol. The highest BCUT2D eigenvalue weighted by Gasteiger charge is 2.36. The number of nitro groups is 1. The number of nitrogens with zero attached hydrogens (tertiary/aromatic N) is 2. The summed E-state index contributed by atoms with van der Waals surface area (Å²) in [5, 5.41) is 11.9. The quantitative estimate of drug-likeness (QED) is 0.312. The maximum atomic E-state index is 12.5. The zero-order valence-electron chi connectivity index (χ0n) is 13.6. The summed E-state index contributed by atoms with van der Waals surface area (Å²) in [7, 11) is 1.04. The van der Waals surface area contributed by atoms with Gasteiger partial charge in [-0.2, -0.15) is 0 Å². The van der Waals surface area contributed by atoms with Crippen molar-refractivity contribution in [2.75, 3.05) is 26.0 Å². The molecule has 1 aromatic rings. The fraction of sp³-hybridized carbons (Fsp3) is 0.333. The molecular formula is C15H14Cl2N2O6S. The number of ether oxygens (including phenoxy) is 2. The Morgan fingerprint density at radius 2 is 2.12 bits per heavy atom. The fourth-order valence-corrected chi connectivity index (χ4v) is 3.72. The van der Waals surface area contributed by atoms with Crippen molar-refractivity contribution in [2.24, 2.45) is 0 Å². The van der Waals surface area contributed by atoms with E-state index in [4.69, 9.17) is 27.9 Å². The highest BCUT2D eigenvalue weighted by molar-refractivity contribution is 8.03. The summed E-state index contributed by atoms with van der Waals surface area (Å²) in [6.45, 7) is -0.176. The molecule has 0 radical (unpaired) electrons. The van der Waals surface area contributed by atoms with Crippen LogP contribution in [0.4, 0.5) is 0 Å². The number of benzene rings is 1. The zero-order valence-corrected chi connectivity index (χ0v) is 15.9. The highest BCUT2D eigenvalue weighted by atomic mass is 35.5. The predicted molar refractivity (Wildman–Crippen MR) is 96.8 cm³/mol. The van der Waals surface area contributed by atoms with Crippen LogP contribution in [0.25, 0.3) is 0 Å². The number of carbonyl (C=O) groups excluding carboxylic acids is 2. The van der Waals surface area contributed by atoms with E-state index in [-0.39, 0.29) is 22.3 Å². The Labute approximate surface area is 163 Å². The van der Waals surface area contributed by atoms with Crippen LogP contribution in [0.2, 0.25) is 10.0 Å². The zero-order chi connectivity index (χ0) is 19.3. The van der Waals surface area contributed by atoms with E-state index in [1.165, 1.54) is 12.1 Å². The van der Waals surface area contributed by atoms with E-state index < -0.39 is 29.1 Å². The van der Waals surface area contributed by atoms with Crippen molar-refractivity contribution in [2.45, 2.75) is 6.42 Å². The first-order valence-corrected chi connectivity index (χ1v) is 9.07. The number of thioether (sulfide) groups is 1. The topological polar surface area (TPSA) is 99.0 Å². The van der Waals surface area contributed by atoms with Crippen LogP contribution < -0.4 is 4.74 Å². The summed E-state index contributed by atoms with van der Waals surface area (Å²) >= 11 is 12.8. The molecule has 0 spiro atoms. The van der Waals surface area contributed by atoms with Gasteiger partial charge in [0, 0.05) is 17.3 Å². The molecule has 11 heteroatoms. The molecule has 0 atom stereocenters. The molecule has 1 aliphatic rings. The van der Waals surface area contributed by atoms with Crippen LogP contribution in [-0.2, 0) is 14.3 Å². The molecule has 26 heavy (non-hydrogen) atoms. The lowest BCUT2D eigenvalue weighted by molar-refractivity contribution is -0.422. The van der Waals surface area contributed by atoms with E-state index in [0.29, 0.717) is 17.2 Å². The second-order valence-corrected chi connectivity index (χ2v) is 6.94. The average molecular weight is 421 g/mol. The molecule has 0 aromatic heterocycles. The Kier molecular flexibility index (Phi) is 7.13. The van der Waals surface area contributed by atoms with Gasteiger partial charge in [-0.05, 0) is 24.6 Å². The van der Waals surface area contributed by atoms with Gasteiger partial charge in [0.2, 0.25) is 0 Å². The van der Waals surface area contributed by atoms with Gasteiger partial charge in [0.1, 0.15) is 5.75 Å². The van der Waals surface area contributed by atoms with E-state index in [1.54, 1.807) is 6.07 Å². The third-order valence-corrected chi connectivity index (χ3v) is 5.03. The molecule has 0 bridgehead atoms. The van der Waals surface area contributed by atoms with Gasteiger partial charge in [0.05, 0.1) is 17.1 Å². The minimum atomic E-state index is -1.11. The normalized spacial score (nSPS) is 16.0. The van der Waals surface area contributed by atoms with Crippen LogP contribution >= 0.6 is 35.0 Å². The third-order valence-electron chi connectivity index (χ3n) is 3.32. The molecule has 0 aliphatic carbocycles. The van der Waals surface area contributed by atoms with E-state index in [9.17, 15) is 19.7 Å². The van der Waals surface area contributed by atoms with Crippen molar-refractivity contribution >= 4 is 46.8 Å². The minimum Gasteiger partial charge on any atom is -0.482 e. The summed E-state index contributed by atoms with van der Waals surface area (Å²) in [5.74, 6) is -0.862. The summed E-state index contributed by atoms with van der Waals surface area (Å²) in [6.07, 6.45) is 0.619. The number of rotatable bonds is 5. The summed E-state index contributed by atoms with van der Waals surface area (Å²) in [4.78, 5) is 35.8. The highest BCUT2D eigenvalue weighted by Crippen LogP contribution is 2.31. The molecule has 0 N–H and O–H groups in total. The van der Waals surface area contributed by atoms with E-state index >= 15 is 0 Å². The predicted octanol–water partition coefficient (Wildman–Crippen LogP) is 2.96. The second-order valence-electron chi connectivity index (χ2n) is 5.01. The van der Waals surface area contributed by atoms with Crippen LogP contribution in [-0.4, -0.2) is 47.7 Å². The fourth-order valence-electron chi connectivity index (χ4n) is 2.15. The average Bonchev–Trinajstić information content (AvgIpc) is 2.60. The molecule has 1 aromatic carbocycles. The van der Waals surface area contributed by atoms with Gasteiger partial charge >= 0.3 is 11.7 Å². The van der Waals surface area contributed by atoms with Crippen LogP contribution in [0.3, 0.4) is 0 Å². The van der Waals surface area contributed by atoms with Crippen molar-refractivity contribution < 1.29 is 24.0 Å². The van der Waals surface area contributed by atoms with Crippen LogP contribution in [0.1, 0.15) is 6.42 Å². The largest absolute Gasteiger partial charge is 0.482 e. The Morgan fingerprint density at radius 1 is 1.38 bits per heavy atom. The Bertz CT molecular complexity index is 771. The van der Waals surface area contributed by atoms with Gasteiger partial charge in [-0.15, -0.1) is 11.8 Å². The molecule has 140 valence electrons. The number of carbonyl (C=O) groups is 2. The summed E-state index contributed by atoms with van der Waals surface area (Å²) < 4.78 is 9.84. The van der Waals surface area contributed by atoms with E-state index in [2.05, 4.69) is 4.74 Å². The van der Waals surface area contributed by atoms with Crippen molar-refractivity contribution in [3.05, 3.63) is 49.1 Å². The van der Waals surface area contributed by atoms with Gasteiger partial charge in [-0.25, -0.2) is 4.79 Å². The smallest absolute Gasteiger partial charge is 0.412 e. The summed E-state index contributed by atoms with van der Waals surface area (Å²) in [5.41, 5.74) is -0.768. The van der Waals surface area contributed by atoms with Crippen LogP contribution in [0.5, 0.6) is 5.75 Å². The molecule has 1 saturated heterocycles. The molecule has 1 aliphatic heterocycles. The van der Waals surface area contributed by atoms with Crippen molar-refractivity contribution in [3.8, 4) is 5.75 Å². The number of esters is 1. The molecular weight excluding hydrogens is 407 g/mol. The molecule has 1 amide bonds. The van der Waals surface area contributed by atoms with Crippen LogP contribution in [0, 0.1) is 10.1 Å². The number of halogens is 2. The lowest BCUT2D eigenvalue weighted by atomic mass is 10.3. The maximum absolute atomic E-state index is 12.5. The molecule has 0 unspecified atom stereocenters. The first-order chi connectivity index (χ1) is 12.3. The van der Waals surface area contributed by atoms with E-state index in [0.717, 1.165) is 23.8 Å². The lowest BCUT2D eigenvalue weighted by Gasteiger charge is -2.28. The molecule has 1 heterocycles. The third kappa shape index (κ3) is 4.80. The first kappa shape index (κ1) is 20.3. The lowest BCUT2D eigenvalue weighted by Crippen LogP contribution is -2.39. The van der Waals surface area contributed by atoms with Crippen molar-refractivity contribution in [1.82, 2.24) is 4.90 Å². The second kappa shape index (κ2) is 9.11. The number of hydrogen-bond donors (Lipinski definition) is 0. The SMILES string of the molecule is COC(=O)C(=C1SCCCN1C(=O)COc1ccc(Cl)cc1Cl)[N+](=O)[O-]. The summed E-state index contributed by atoms with van der Waals surface area (Å²) in [6, 6.07) is 4.53. The molecule has 2 rings (SSSR count). The standard InChI is InChI=1S/C15H14Cl2N2O6S/c1-24-15(21)13(19(22)23)14-18(5-2-6-26-14)12(20)8-25-11-4-3-9(16)7-10(11)17/h3-4,7H,2,5-6,8H2,1H3. The van der Waals surface area contributed by atoms with E-state index in [1.807, 2.05) is 0 Å². The van der Waals surface area contributed by atoms with Gasteiger partial charge < -0.3 is 9.47 Å². The molecule has 1 fully saturated rings. The van der Waals surface area contributed by atoms with Crippen molar-refractivity contribution in [1.29, 1.82) is 0 Å².